The van der Waals surface area contributed by atoms with Crippen LogP contribution >= 0.6 is 15.9 Å². The van der Waals surface area contributed by atoms with Crippen molar-refractivity contribution in [3.8, 4) is 17.2 Å². The van der Waals surface area contributed by atoms with Crippen LogP contribution in [0.25, 0.3) is 0 Å². The Labute approximate surface area is 132 Å². The van der Waals surface area contributed by atoms with Crippen LogP contribution in [0.2, 0.25) is 0 Å². The minimum atomic E-state index is 0.276. The minimum Gasteiger partial charge on any atom is -0.492 e. The van der Waals surface area contributed by atoms with Crippen molar-refractivity contribution >= 4 is 21.6 Å². The number of anilines is 1. The predicted molar refractivity (Wildman–Crippen MR) is 85.2 cm³/mol. The molecule has 0 aliphatic carbocycles. The molecule has 0 saturated heterocycles. The van der Waals surface area contributed by atoms with Gasteiger partial charge in [0.2, 0.25) is 6.79 Å². The van der Waals surface area contributed by atoms with Gasteiger partial charge in [-0.2, -0.15) is 0 Å². The van der Waals surface area contributed by atoms with Crippen LogP contribution in [0.4, 0.5) is 5.69 Å². The molecular weight excluding hydrogens is 334 g/mol. The topological polar surface area (TPSA) is 39.7 Å². The fourth-order valence-corrected chi connectivity index (χ4v) is 2.82. The third-order valence-corrected chi connectivity index (χ3v) is 3.75. The third kappa shape index (κ3) is 3.08. The summed E-state index contributed by atoms with van der Waals surface area (Å²) in [5, 5.41) is 3.39. The van der Waals surface area contributed by atoms with Crippen LogP contribution in [0.1, 0.15) is 12.5 Å². The SMILES string of the molecule is CCOc1ccccc1NCc1cc(Br)c2c(c1)OCO2. The van der Waals surface area contributed by atoms with Crippen molar-refractivity contribution in [1.29, 1.82) is 0 Å². The van der Waals surface area contributed by atoms with Crippen LogP contribution in [0.3, 0.4) is 0 Å². The first-order valence-electron chi connectivity index (χ1n) is 6.81. The van der Waals surface area contributed by atoms with Gasteiger partial charge in [-0.15, -0.1) is 0 Å². The van der Waals surface area contributed by atoms with Gasteiger partial charge in [0.1, 0.15) is 5.75 Å². The smallest absolute Gasteiger partial charge is 0.231 e. The number of hydrogen-bond donors (Lipinski definition) is 1. The molecule has 4 nitrogen and oxygen atoms in total. The highest BCUT2D eigenvalue weighted by atomic mass is 79.9. The average Bonchev–Trinajstić information content (AvgIpc) is 2.96. The quantitative estimate of drug-likeness (QED) is 0.878. The van der Waals surface area contributed by atoms with Gasteiger partial charge in [0.15, 0.2) is 11.5 Å². The number of halogens is 1. The summed E-state index contributed by atoms with van der Waals surface area (Å²) >= 11 is 3.51. The van der Waals surface area contributed by atoms with Crippen molar-refractivity contribution in [2.75, 3.05) is 18.7 Å². The summed E-state index contributed by atoms with van der Waals surface area (Å²) < 4.78 is 17.3. The highest BCUT2D eigenvalue weighted by molar-refractivity contribution is 9.10. The highest BCUT2D eigenvalue weighted by Gasteiger charge is 2.17. The standard InChI is InChI=1S/C16H16BrNO3/c1-2-19-14-6-4-3-5-13(14)18-9-11-7-12(17)16-15(8-11)20-10-21-16/h3-8,18H,2,9-10H2,1H3. The Hall–Kier alpha value is -1.88. The van der Waals surface area contributed by atoms with E-state index in [1.54, 1.807) is 0 Å². The maximum absolute atomic E-state index is 5.61. The second-order valence-corrected chi connectivity index (χ2v) is 5.45. The highest BCUT2D eigenvalue weighted by Crippen LogP contribution is 2.40. The molecule has 5 heteroatoms. The van der Waals surface area contributed by atoms with E-state index in [1.807, 2.05) is 43.3 Å². The monoisotopic (exact) mass is 349 g/mol. The van der Waals surface area contributed by atoms with Gasteiger partial charge in [0, 0.05) is 6.54 Å². The maximum Gasteiger partial charge on any atom is 0.231 e. The Morgan fingerprint density at radius 2 is 2.10 bits per heavy atom. The number of nitrogens with one attached hydrogen (secondary N) is 1. The molecule has 110 valence electrons. The molecule has 2 aromatic rings. The molecule has 0 unspecified atom stereocenters. The summed E-state index contributed by atoms with van der Waals surface area (Å²) in [5.74, 6) is 2.41. The molecule has 0 fully saturated rings. The number of fused-ring (bicyclic) bond motifs is 1. The van der Waals surface area contributed by atoms with E-state index in [0.717, 1.165) is 33.0 Å². The van der Waals surface area contributed by atoms with E-state index in [4.69, 9.17) is 14.2 Å². The molecule has 1 heterocycles. The summed E-state index contributed by atoms with van der Waals surface area (Å²) in [7, 11) is 0. The van der Waals surface area contributed by atoms with E-state index in [9.17, 15) is 0 Å². The third-order valence-electron chi connectivity index (χ3n) is 3.16. The van der Waals surface area contributed by atoms with Gasteiger partial charge in [-0.3, -0.25) is 0 Å². The van der Waals surface area contributed by atoms with E-state index in [2.05, 4.69) is 21.2 Å². The van der Waals surface area contributed by atoms with Crippen molar-refractivity contribution in [3.63, 3.8) is 0 Å². The Balaban J connectivity index is 1.75. The van der Waals surface area contributed by atoms with Crippen molar-refractivity contribution in [1.82, 2.24) is 0 Å². The van der Waals surface area contributed by atoms with Crippen molar-refractivity contribution in [2.24, 2.45) is 0 Å². The van der Waals surface area contributed by atoms with Crippen molar-refractivity contribution in [2.45, 2.75) is 13.5 Å². The van der Waals surface area contributed by atoms with E-state index < -0.39 is 0 Å². The lowest BCUT2D eigenvalue weighted by Crippen LogP contribution is -2.02. The minimum absolute atomic E-state index is 0.276. The van der Waals surface area contributed by atoms with E-state index in [1.165, 1.54) is 0 Å². The van der Waals surface area contributed by atoms with Gasteiger partial charge in [-0.05, 0) is 52.7 Å². The van der Waals surface area contributed by atoms with Crippen LogP contribution in [-0.4, -0.2) is 13.4 Å². The molecule has 1 N–H and O–H groups in total. The molecule has 21 heavy (non-hydrogen) atoms. The Bertz CT molecular complexity index is 645. The zero-order chi connectivity index (χ0) is 14.7. The van der Waals surface area contributed by atoms with E-state index >= 15 is 0 Å². The molecule has 0 bridgehead atoms. The number of ether oxygens (including phenoxy) is 3. The molecule has 0 spiro atoms. The van der Waals surface area contributed by atoms with Crippen LogP contribution in [0.15, 0.2) is 40.9 Å². The normalized spacial score (nSPS) is 12.3. The van der Waals surface area contributed by atoms with E-state index in [0.29, 0.717) is 13.2 Å². The number of rotatable bonds is 5. The number of benzene rings is 2. The first kappa shape index (κ1) is 14.1. The lowest BCUT2D eigenvalue weighted by molar-refractivity contribution is 0.173. The summed E-state index contributed by atoms with van der Waals surface area (Å²) in [5.41, 5.74) is 2.09. The van der Waals surface area contributed by atoms with Crippen LogP contribution in [-0.2, 0) is 6.54 Å². The summed E-state index contributed by atoms with van der Waals surface area (Å²) in [6, 6.07) is 11.9. The first-order valence-corrected chi connectivity index (χ1v) is 7.61. The van der Waals surface area contributed by atoms with Crippen molar-refractivity contribution in [3.05, 3.63) is 46.4 Å². The van der Waals surface area contributed by atoms with Crippen LogP contribution in [0, 0.1) is 0 Å². The Morgan fingerprint density at radius 1 is 1.24 bits per heavy atom. The van der Waals surface area contributed by atoms with Gasteiger partial charge < -0.3 is 19.5 Å². The molecule has 1 aliphatic rings. The fraction of sp³-hybridized carbons (Fsp3) is 0.250. The van der Waals surface area contributed by atoms with Crippen LogP contribution in [0.5, 0.6) is 17.2 Å². The number of hydrogen-bond acceptors (Lipinski definition) is 4. The van der Waals surface area contributed by atoms with Crippen molar-refractivity contribution < 1.29 is 14.2 Å². The van der Waals surface area contributed by atoms with Gasteiger partial charge in [-0.1, -0.05) is 12.1 Å². The lowest BCUT2D eigenvalue weighted by atomic mass is 10.2. The summed E-state index contributed by atoms with van der Waals surface area (Å²) in [4.78, 5) is 0. The van der Waals surface area contributed by atoms with Gasteiger partial charge >= 0.3 is 0 Å². The molecule has 0 radical (unpaired) electrons. The van der Waals surface area contributed by atoms with Gasteiger partial charge in [0.05, 0.1) is 16.8 Å². The molecule has 3 rings (SSSR count). The lowest BCUT2D eigenvalue weighted by Gasteiger charge is -2.12. The second-order valence-electron chi connectivity index (χ2n) is 4.59. The molecule has 0 aromatic heterocycles. The Kier molecular flexibility index (Phi) is 4.20. The predicted octanol–water partition coefficient (Wildman–Crippen LogP) is 4.19. The van der Waals surface area contributed by atoms with Crippen LogP contribution < -0.4 is 19.5 Å². The molecule has 2 aromatic carbocycles. The fourth-order valence-electron chi connectivity index (χ4n) is 2.21. The molecule has 0 amide bonds. The zero-order valence-electron chi connectivity index (χ0n) is 11.7. The maximum atomic E-state index is 5.61. The van der Waals surface area contributed by atoms with Gasteiger partial charge in [0.25, 0.3) is 0 Å². The molecule has 0 atom stereocenters. The number of para-hydroxylation sites is 2. The zero-order valence-corrected chi connectivity index (χ0v) is 13.3. The largest absolute Gasteiger partial charge is 0.492 e. The summed E-state index contributed by atoms with van der Waals surface area (Å²) in [6.45, 7) is 3.58. The first-order chi connectivity index (χ1) is 10.3. The molecular formula is C16H16BrNO3. The molecule has 0 saturated carbocycles. The van der Waals surface area contributed by atoms with E-state index in [-0.39, 0.29) is 6.79 Å². The Morgan fingerprint density at radius 3 is 2.95 bits per heavy atom. The molecule has 1 aliphatic heterocycles. The van der Waals surface area contributed by atoms with Gasteiger partial charge in [-0.25, -0.2) is 0 Å². The summed E-state index contributed by atoms with van der Waals surface area (Å²) in [6.07, 6.45) is 0. The second kappa shape index (κ2) is 6.26. The average molecular weight is 350 g/mol.